The van der Waals surface area contributed by atoms with Gasteiger partial charge in [-0.05, 0) is 33.4 Å². The zero-order valence-corrected chi connectivity index (χ0v) is 29.0. The highest BCUT2D eigenvalue weighted by Gasteiger charge is 2.43. The topological polar surface area (TPSA) is 98.7 Å². The van der Waals surface area contributed by atoms with E-state index in [1.807, 2.05) is 182 Å². The van der Waals surface area contributed by atoms with Crippen molar-refractivity contribution in [2.24, 2.45) is 0 Å². The molecule has 0 aliphatic rings. The normalized spacial score (nSPS) is 12.7. The summed E-state index contributed by atoms with van der Waals surface area (Å²) in [5, 5.41) is 31.3. The number of benzene rings is 6. The molecular formula is C46H44N2O4. The fourth-order valence-electron chi connectivity index (χ4n) is 7.07. The third kappa shape index (κ3) is 9.29. The Morgan fingerprint density at radius 2 is 0.596 bits per heavy atom. The Morgan fingerprint density at radius 3 is 0.827 bits per heavy atom. The summed E-state index contributed by atoms with van der Waals surface area (Å²) in [6, 6.07) is 55.1. The summed E-state index contributed by atoms with van der Waals surface area (Å²) in [7, 11) is 0. The van der Waals surface area contributed by atoms with Gasteiger partial charge in [0.1, 0.15) is 0 Å². The van der Waals surface area contributed by atoms with E-state index in [1.165, 1.54) is 0 Å². The van der Waals surface area contributed by atoms with Gasteiger partial charge in [0, 0.05) is 25.7 Å². The molecule has 6 rings (SSSR count). The first-order valence-corrected chi connectivity index (χ1v) is 17.6. The SMILES string of the molecule is O=C(NC(c1ccccc1)C(O)(Cc1ccccc1)Cc1ccccc1)C(=O)NC(c1ccccc1)C(O)(Cc1ccccc1)Cc1ccccc1. The van der Waals surface area contributed by atoms with Crippen molar-refractivity contribution < 1.29 is 19.8 Å². The van der Waals surface area contributed by atoms with E-state index < -0.39 is 35.1 Å². The van der Waals surface area contributed by atoms with E-state index in [2.05, 4.69) is 10.6 Å². The summed E-state index contributed by atoms with van der Waals surface area (Å²) < 4.78 is 0. The predicted molar refractivity (Wildman–Crippen MR) is 205 cm³/mol. The summed E-state index contributed by atoms with van der Waals surface area (Å²) in [4.78, 5) is 28.3. The third-order valence-corrected chi connectivity index (χ3v) is 9.51. The number of carbonyl (C=O) groups is 2. The van der Waals surface area contributed by atoms with Crippen LogP contribution in [-0.4, -0.2) is 33.2 Å². The van der Waals surface area contributed by atoms with Gasteiger partial charge in [0.15, 0.2) is 0 Å². The third-order valence-electron chi connectivity index (χ3n) is 9.51. The molecule has 2 unspecified atom stereocenters. The molecule has 52 heavy (non-hydrogen) atoms. The summed E-state index contributed by atoms with van der Waals surface area (Å²) in [6.07, 6.45) is 0.852. The lowest BCUT2D eigenvalue weighted by Gasteiger charge is -2.39. The van der Waals surface area contributed by atoms with Gasteiger partial charge in [0.2, 0.25) is 0 Å². The van der Waals surface area contributed by atoms with E-state index in [0.29, 0.717) is 11.1 Å². The van der Waals surface area contributed by atoms with Crippen LogP contribution >= 0.6 is 0 Å². The molecule has 0 aliphatic carbocycles. The standard InChI is InChI=1S/C46H44N2O4/c49-43(47-41(39-27-15-5-16-28-39)45(51,31-35-19-7-1-8-20-35)32-36-21-9-2-10-22-36)44(50)48-42(40-29-17-6-18-30-40)46(52,33-37-23-11-3-12-24-37)34-38-25-13-4-14-26-38/h1-30,41-42,51-52H,31-34H2,(H,47,49)(H,48,50). The minimum atomic E-state index is -1.53. The van der Waals surface area contributed by atoms with Gasteiger partial charge >= 0.3 is 11.8 Å². The van der Waals surface area contributed by atoms with E-state index >= 15 is 0 Å². The average molecular weight is 689 g/mol. The van der Waals surface area contributed by atoms with Gasteiger partial charge < -0.3 is 20.8 Å². The molecule has 0 heterocycles. The van der Waals surface area contributed by atoms with Crippen molar-refractivity contribution in [2.75, 3.05) is 0 Å². The van der Waals surface area contributed by atoms with Crippen LogP contribution in [0.5, 0.6) is 0 Å². The minimum Gasteiger partial charge on any atom is -0.387 e. The molecule has 6 aromatic carbocycles. The van der Waals surface area contributed by atoms with Crippen LogP contribution in [0.4, 0.5) is 0 Å². The second-order valence-electron chi connectivity index (χ2n) is 13.5. The van der Waals surface area contributed by atoms with Crippen molar-refractivity contribution in [3.63, 3.8) is 0 Å². The second-order valence-corrected chi connectivity index (χ2v) is 13.5. The Bertz CT molecular complexity index is 1760. The molecule has 4 N–H and O–H groups in total. The fraction of sp³-hybridized carbons (Fsp3) is 0.174. The van der Waals surface area contributed by atoms with Gasteiger partial charge in [0.25, 0.3) is 0 Å². The highest BCUT2D eigenvalue weighted by atomic mass is 16.3. The Balaban J connectivity index is 1.35. The summed E-state index contributed by atoms with van der Waals surface area (Å²) in [5.41, 5.74) is 1.80. The van der Waals surface area contributed by atoms with Gasteiger partial charge in [-0.3, -0.25) is 9.59 Å². The monoisotopic (exact) mass is 688 g/mol. The first-order valence-electron chi connectivity index (χ1n) is 17.6. The molecule has 0 saturated heterocycles. The largest absolute Gasteiger partial charge is 0.387 e. The summed E-state index contributed by atoms with van der Waals surface area (Å²) >= 11 is 0. The quantitative estimate of drug-likeness (QED) is 0.0916. The lowest BCUT2D eigenvalue weighted by Crippen LogP contribution is -2.55. The molecule has 2 amide bonds. The summed E-state index contributed by atoms with van der Waals surface area (Å²) in [6.45, 7) is 0. The van der Waals surface area contributed by atoms with Crippen molar-refractivity contribution in [2.45, 2.75) is 49.0 Å². The number of hydrogen-bond acceptors (Lipinski definition) is 4. The zero-order chi connectivity index (χ0) is 36.2. The summed E-state index contributed by atoms with van der Waals surface area (Å²) in [5.74, 6) is -1.84. The maximum atomic E-state index is 14.2. The first kappa shape index (κ1) is 36.0. The zero-order valence-electron chi connectivity index (χ0n) is 29.0. The number of nitrogens with one attached hydrogen (secondary N) is 2. The van der Waals surface area contributed by atoms with Gasteiger partial charge in [-0.15, -0.1) is 0 Å². The van der Waals surface area contributed by atoms with Gasteiger partial charge in [0.05, 0.1) is 23.3 Å². The van der Waals surface area contributed by atoms with Crippen LogP contribution in [0.15, 0.2) is 182 Å². The molecule has 6 heteroatoms. The second kappa shape index (κ2) is 16.9. The van der Waals surface area contributed by atoms with Crippen molar-refractivity contribution in [3.8, 4) is 0 Å². The first-order chi connectivity index (χ1) is 25.3. The van der Waals surface area contributed by atoms with E-state index in [0.717, 1.165) is 22.3 Å². The number of aliphatic hydroxyl groups is 2. The molecule has 6 aromatic rings. The van der Waals surface area contributed by atoms with E-state index in [1.54, 1.807) is 0 Å². The van der Waals surface area contributed by atoms with E-state index in [4.69, 9.17) is 0 Å². The molecule has 2 atom stereocenters. The maximum absolute atomic E-state index is 14.2. The number of amides is 2. The highest BCUT2D eigenvalue weighted by molar-refractivity contribution is 6.35. The Hall–Kier alpha value is -5.82. The van der Waals surface area contributed by atoms with Crippen LogP contribution in [-0.2, 0) is 35.3 Å². The van der Waals surface area contributed by atoms with Gasteiger partial charge in [-0.2, -0.15) is 0 Å². The lowest BCUT2D eigenvalue weighted by molar-refractivity contribution is -0.142. The van der Waals surface area contributed by atoms with Crippen LogP contribution in [0.25, 0.3) is 0 Å². The molecule has 0 saturated carbocycles. The molecule has 0 spiro atoms. The van der Waals surface area contributed by atoms with E-state index in [-0.39, 0.29) is 25.7 Å². The van der Waals surface area contributed by atoms with Crippen LogP contribution in [0.2, 0.25) is 0 Å². The van der Waals surface area contributed by atoms with Crippen molar-refractivity contribution >= 4 is 11.8 Å². The lowest BCUT2D eigenvalue weighted by atomic mass is 9.78. The number of hydrogen-bond donors (Lipinski definition) is 4. The van der Waals surface area contributed by atoms with Crippen LogP contribution in [0, 0.1) is 0 Å². The molecular weight excluding hydrogens is 645 g/mol. The van der Waals surface area contributed by atoms with E-state index in [9.17, 15) is 19.8 Å². The fourth-order valence-corrected chi connectivity index (χ4v) is 7.07. The predicted octanol–water partition coefficient (Wildman–Crippen LogP) is 7.13. The molecule has 262 valence electrons. The highest BCUT2D eigenvalue weighted by Crippen LogP contribution is 2.35. The minimum absolute atomic E-state index is 0.213. The molecule has 0 aromatic heterocycles. The molecule has 0 aliphatic heterocycles. The van der Waals surface area contributed by atoms with Gasteiger partial charge in [-0.25, -0.2) is 0 Å². The van der Waals surface area contributed by atoms with Crippen molar-refractivity contribution in [1.29, 1.82) is 0 Å². The maximum Gasteiger partial charge on any atom is 0.309 e. The Kier molecular flexibility index (Phi) is 11.7. The van der Waals surface area contributed by atoms with Crippen LogP contribution < -0.4 is 10.6 Å². The number of rotatable bonds is 14. The van der Waals surface area contributed by atoms with Crippen molar-refractivity contribution in [1.82, 2.24) is 10.6 Å². The smallest absolute Gasteiger partial charge is 0.309 e. The Labute approximate surface area is 305 Å². The molecule has 6 nitrogen and oxygen atoms in total. The van der Waals surface area contributed by atoms with Crippen molar-refractivity contribution in [3.05, 3.63) is 215 Å². The molecule has 0 radical (unpaired) electrons. The van der Waals surface area contributed by atoms with Crippen LogP contribution in [0.1, 0.15) is 45.5 Å². The molecule has 0 fully saturated rings. The number of carbonyl (C=O) groups excluding carboxylic acids is 2. The van der Waals surface area contributed by atoms with Gasteiger partial charge in [-0.1, -0.05) is 182 Å². The average Bonchev–Trinajstić information content (AvgIpc) is 3.18. The Morgan fingerprint density at radius 1 is 0.385 bits per heavy atom. The molecule has 0 bridgehead atoms. The van der Waals surface area contributed by atoms with Crippen LogP contribution in [0.3, 0.4) is 0 Å².